The smallest absolute Gasteiger partial charge is 0.338 e. The van der Waals surface area contributed by atoms with Crippen molar-refractivity contribution in [1.82, 2.24) is 14.5 Å². The summed E-state index contributed by atoms with van der Waals surface area (Å²) in [4.78, 5) is 47.3. The van der Waals surface area contributed by atoms with E-state index in [0.717, 1.165) is 42.8 Å². The van der Waals surface area contributed by atoms with Gasteiger partial charge in [-0.25, -0.2) is 14.8 Å². The molecule has 0 radical (unpaired) electrons. The van der Waals surface area contributed by atoms with Crippen LogP contribution in [0.15, 0.2) is 58.7 Å². The van der Waals surface area contributed by atoms with E-state index in [-0.39, 0.29) is 11.1 Å². The highest BCUT2D eigenvalue weighted by molar-refractivity contribution is 7.14. The molecular weight excluding hydrogens is 464 g/mol. The third-order valence-electron chi connectivity index (χ3n) is 6.01. The van der Waals surface area contributed by atoms with Gasteiger partial charge in [0.25, 0.3) is 11.5 Å². The fraction of sp³-hybridized carbons (Fsp3) is 0.269. The van der Waals surface area contributed by atoms with Crippen molar-refractivity contribution < 1.29 is 14.3 Å². The van der Waals surface area contributed by atoms with Crippen LogP contribution in [0.2, 0.25) is 0 Å². The number of esters is 1. The van der Waals surface area contributed by atoms with Gasteiger partial charge in [0, 0.05) is 23.9 Å². The van der Waals surface area contributed by atoms with Crippen LogP contribution in [0.5, 0.6) is 0 Å². The lowest BCUT2D eigenvalue weighted by atomic mass is 10.1. The summed E-state index contributed by atoms with van der Waals surface area (Å²) in [6.45, 7) is 2.17. The van der Waals surface area contributed by atoms with Crippen molar-refractivity contribution in [3.05, 3.63) is 75.7 Å². The van der Waals surface area contributed by atoms with Crippen LogP contribution in [0.1, 0.15) is 42.4 Å². The number of rotatable bonds is 5. The molecule has 35 heavy (non-hydrogen) atoms. The van der Waals surface area contributed by atoms with E-state index in [1.807, 2.05) is 35.7 Å². The van der Waals surface area contributed by atoms with Crippen molar-refractivity contribution in [2.45, 2.75) is 45.3 Å². The van der Waals surface area contributed by atoms with Gasteiger partial charge in [-0.2, -0.15) is 0 Å². The van der Waals surface area contributed by atoms with Gasteiger partial charge in [0.05, 0.1) is 22.2 Å². The van der Waals surface area contributed by atoms with E-state index >= 15 is 0 Å². The normalized spacial score (nSPS) is 14.1. The molecule has 2 aromatic heterocycles. The molecule has 8 nitrogen and oxygen atoms in total. The summed E-state index contributed by atoms with van der Waals surface area (Å²) in [5, 5.41) is 5.45. The first-order chi connectivity index (χ1) is 17.0. The number of ether oxygens (including phenoxy) is 1. The molecule has 0 bridgehead atoms. The second-order valence-corrected chi connectivity index (χ2v) is 9.33. The highest BCUT2D eigenvalue weighted by Gasteiger charge is 2.21. The Morgan fingerprint density at radius 3 is 2.74 bits per heavy atom. The van der Waals surface area contributed by atoms with E-state index in [2.05, 4.69) is 15.3 Å². The van der Waals surface area contributed by atoms with Gasteiger partial charge in [-0.05, 0) is 38.0 Å². The van der Waals surface area contributed by atoms with Crippen molar-refractivity contribution in [3.63, 3.8) is 0 Å². The Bertz CT molecular complexity index is 1460. The Kier molecular flexibility index (Phi) is 6.41. The number of nitrogens with zero attached hydrogens (tertiary/aromatic N) is 3. The second-order valence-electron chi connectivity index (χ2n) is 8.47. The number of aromatic nitrogens is 3. The zero-order chi connectivity index (χ0) is 24.4. The third kappa shape index (κ3) is 4.85. The first-order valence-electron chi connectivity index (χ1n) is 11.6. The van der Waals surface area contributed by atoms with E-state index in [4.69, 9.17) is 4.74 Å². The highest BCUT2D eigenvalue weighted by atomic mass is 32.1. The van der Waals surface area contributed by atoms with Gasteiger partial charge in [0.1, 0.15) is 5.82 Å². The molecular formula is C26H24N4O4S. The minimum atomic E-state index is -1.03. The van der Waals surface area contributed by atoms with Crippen molar-refractivity contribution >= 4 is 39.2 Å². The first-order valence-corrected chi connectivity index (χ1v) is 12.4. The summed E-state index contributed by atoms with van der Waals surface area (Å²) in [6, 6.07) is 14.3. The monoisotopic (exact) mass is 488 g/mol. The minimum absolute atomic E-state index is 0.0853. The molecule has 178 valence electrons. The van der Waals surface area contributed by atoms with E-state index in [0.29, 0.717) is 22.6 Å². The molecule has 0 aliphatic carbocycles. The summed E-state index contributed by atoms with van der Waals surface area (Å²) >= 11 is 1.30. The minimum Gasteiger partial charge on any atom is -0.449 e. The average molecular weight is 489 g/mol. The number of benzene rings is 2. The molecule has 1 amide bonds. The number of aryl methyl sites for hydroxylation is 1. The Morgan fingerprint density at radius 1 is 1.09 bits per heavy atom. The van der Waals surface area contributed by atoms with Crippen molar-refractivity contribution in [3.8, 4) is 11.3 Å². The topological polar surface area (TPSA) is 103 Å². The average Bonchev–Trinajstić information content (AvgIpc) is 3.20. The zero-order valence-electron chi connectivity index (χ0n) is 19.2. The van der Waals surface area contributed by atoms with Crippen molar-refractivity contribution in [1.29, 1.82) is 0 Å². The van der Waals surface area contributed by atoms with Crippen LogP contribution in [-0.2, 0) is 22.5 Å². The Labute approximate surface area is 205 Å². The maximum absolute atomic E-state index is 12.9. The number of carbonyl (C=O) groups is 2. The van der Waals surface area contributed by atoms with Gasteiger partial charge in [-0.1, -0.05) is 36.8 Å². The van der Waals surface area contributed by atoms with Crippen LogP contribution in [0.4, 0.5) is 5.13 Å². The molecule has 0 spiro atoms. The third-order valence-corrected chi connectivity index (χ3v) is 6.77. The maximum atomic E-state index is 12.9. The van der Waals surface area contributed by atoms with Gasteiger partial charge in [0.2, 0.25) is 0 Å². The second kappa shape index (κ2) is 9.79. The van der Waals surface area contributed by atoms with Crippen LogP contribution in [0, 0.1) is 0 Å². The highest BCUT2D eigenvalue weighted by Crippen LogP contribution is 2.25. The van der Waals surface area contributed by atoms with Gasteiger partial charge in [0.15, 0.2) is 11.2 Å². The molecule has 1 aliphatic rings. The van der Waals surface area contributed by atoms with Crippen LogP contribution in [-0.4, -0.2) is 32.5 Å². The quantitative estimate of drug-likeness (QED) is 0.417. The van der Waals surface area contributed by atoms with Gasteiger partial charge in [-0.15, -0.1) is 11.3 Å². The standard InChI is InChI=1S/C26H24N4O4S/c1-16(23(31)29-26-28-21(15-35-26)17-8-4-2-5-9-17)34-25(33)18-11-12-19-20(14-18)27-22-10-6-3-7-13-30(22)24(19)32/h2,4-5,8-9,11-12,14-16H,3,6-7,10,13H2,1H3,(H,28,29,31). The Hall–Kier alpha value is -3.85. The van der Waals surface area contributed by atoms with E-state index in [1.54, 1.807) is 16.7 Å². The molecule has 0 fully saturated rings. The Balaban J connectivity index is 1.28. The molecule has 5 rings (SSSR count). The van der Waals surface area contributed by atoms with Crippen LogP contribution in [0.3, 0.4) is 0 Å². The lowest BCUT2D eigenvalue weighted by molar-refractivity contribution is -0.123. The molecule has 4 aromatic rings. The molecule has 1 unspecified atom stereocenters. The van der Waals surface area contributed by atoms with E-state index < -0.39 is 18.0 Å². The molecule has 1 atom stereocenters. The lowest BCUT2D eigenvalue weighted by Gasteiger charge is -2.13. The maximum Gasteiger partial charge on any atom is 0.338 e. The first kappa shape index (κ1) is 22.9. The number of fused-ring (bicyclic) bond motifs is 2. The van der Waals surface area contributed by atoms with Crippen molar-refractivity contribution in [2.24, 2.45) is 0 Å². The van der Waals surface area contributed by atoms with E-state index in [1.165, 1.54) is 24.3 Å². The summed E-state index contributed by atoms with van der Waals surface area (Å²) in [7, 11) is 0. The van der Waals surface area contributed by atoms with Crippen molar-refractivity contribution in [2.75, 3.05) is 5.32 Å². The van der Waals surface area contributed by atoms with Crippen LogP contribution in [0.25, 0.3) is 22.2 Å². The molecule has 9 heteroatoms. The summed E-state index contributed by atoms with van der Waals surface area (Å²) in [5.41, 5.74) is 2.32. The molecule has 0 saturated carbocycles. The number of anilines is 1. The molecule has 3 heterocycles. The molecule has 1 aliphatic heterocycles. The number of amides is 1. The molecule has 2 aromatic carbocycles. The zero-order valence-corrected chi connectivity index (χ0v) is 20.0. The van der Waals surface area contributed by atoms with E-state index in [9.17, 15) is 14.4 Å². The summed E-state index contributed by atoms with van der Waals surface area (Å²) < 4.78 is 7.13. The van der Waals surface area contributed by atoms with Gasteiger partial charge < -0.3 is 4.74 Å². The van der Waals surface area contributed by atoms with Gasteiger partial charge in [-0.3, -0.25) is 19.5 Å². The number of thiazole rings is 1. The predicted molar refractivity (Wildman–Crippen MR) is 135 cm³/mol. The van der Waals surface area contributed by atoms with Crippen LogP contribution < -0.4 is 10.9 Å². The lowest BCUT2D eigenvalue weighted by Crippen LogP contribution is -2.30. The van der Waals surface area contributed by atoms with Crippen LogP contribution >= 0.6 is 11.3 Å². The summed E-state index contributed by atoms with van der Waals surface area (Å²) in [6.07, 6.45) is 2.70. The summed E-state index contributed by atoms with van der Waals surface area (Å²) in [5.74, 6) is -0.387. The number of carbonyl (C=O) groups excluding carboxylic acids is 2. The Morgan fingerprint density at radius 2 is 1.91 bits per heavy atom. The number of hydrogen-bond donors (Lipinski definition) is 1. The molecule has 0 saturated heterocycles. The fourth-order valence-electron chi connectivity index (χ4n) is 4.11. The van der Waals surface area contributed by atoms with Gasteiger partial charge >= 0.3 is 5.97 Å². The number of hydrogen-bond acceptors (Lipinski definition) is 7. The largest absolute Gasteiger partial charge is 0.449 e. The molecule has 1 N–H and O–H groups in total. The predicted octanol–water partition coefficient (Wildman–Crippen LogP) is 4.43. The fourth-order valence-corrected chi connectivity index (χ4v) is 4.83. The SMILES string of the molecule is CC(OC(=O)c1ccc2c(=O)n3c(nc2c1)CCCCC3)C(=O)Nc1nc(-c2ccccc2)cs1. The number of nitrogens with one attached hydrogen (secondary N) is 1.